The number of hydrogen-bond acceptors (Lipinski definition) is 6. The van der Waals surface area contributed by atoms with E-state index in [1.807, 2.05) is 0 Å². The van der Waals surface area contributed by atoms with E-state index < -0.39 is 15.8 Å². The molecule has 0 aliphatic rings. The van der Waals surface area contributed by atoms with Gasteiger partial charge in [-0.25, -0.2) is 12.8 Å². The second kappa shape index (κ2) is 10.9. The first-order valence-corrected chi connectivity index (χ1v) is 11.7. The van der Waals surface area contributed by atoms with Crippen molar-refractivity contribution in [2.24, 2.45) is 0 Å². The van der Waals surface area contributed by atoms with Crippen molar-refractivity contribution < 1.29 is 31.8 Å². The molecule has 3 rings (SSSR count). The van der Waals surface area contributed by atoms with Gasteiger partial charge >= 0.3 is 0 Å². The standard InChI is InChI=1S/C24H25FN2O6S/c1-31-21-14-8-16(23(32-2)24(21)33-3)9-15-22(28)26-19-6-4-5-7-20(19)27-34(29,30)18-12-10-17(25)11-13-18/h4-8,10-14,27H,9,15H2,1-3H3,(H,26,28). The average molecular weight is 489 g/mol. The Morgan fingerprint density at radius 3 is 2.12 bits per heavy atom. The summed E-state index contributed by atoms with van der Waals surface area (Å²) in [6, 6.07) is 14.4. The van der Waals surface area contributed by atoms with Crippen LogP contribution < -0.4 is 24.2 Å². The molecule has 0 heterocycles. The number of hydrogen-bond donors (Lipinski definition) is 2. The van der Waals surface area contributed by atoms with Crippen molar-refractivity contribution in [3.05, 3.63) is 72.0 Å². The summed E-state index contributed by atoms with van der Waals surface area (Å²) in [5, 5.41) is 2.73. The van der Waals surface area contributed by atoms with Crippen LogP contribution in [0.1, 0.15) is 12.0 Å². The van der Waals surface area contributed by atoms with E-state index >= 15 is 0 Å². The Kier molecular flexibility index (Phi) is 7.95. The van der Waals surface area contributed by atoms with Gasteiger partial charge in [-0.1, -0.05) is 18.2 Å². The average Bonchev–Trinajstić information content (AvgIpc) is 2.83. The number of methoxy groups -OCH3 is 3. The highest BCUT2D eigenvalue weighted by molar-refractivity contribution is 7.92. The zero-order valence-electron chi connectivity index (χ0n) is 18.9. The number of carbonyl (C=O) groups is 1. The smallest absolute Gasteiger partial charge is 0.261 e. The van der Waals surface area contributed by atoms with Crippen molar-refractivity contribution in [1.29, 1.82) is 0 Å². The predicted molar refractivity (Wildman–Crippen MR) is 127 cm³/mol. The Morgan fingerprint density at radius 1 is 0.853 bits per heavy atom. The van der Waals surface area contributed by atoms with Crippen molar-refractivity contribution in [1.82, 2.24) is 0 Å². The van der Waals surface area contributed by atoms with Gasteiger partial charge in [-0.05, 0) is 54.4 Å². The highest BCUT2D eigenvalue weighted by atomic mass is 32.2. The predicted octanol–water partition coefficient (Wildman–Crippen LogP) is 4.22. The van der Waals surface area contributed by atoms with Crippen LogP contribution in [0.15, 0.2) is 65.6 Å². The molecule has 0 spiro atoms. The summed E-state index contributed by atoms with van der Waals surface area (Å²) >= 11 is 0. The van der Waals surface area contributed by atoms with Crippen LogP contribution in [0.3, 0.4) is 0 Å². The van der Waals surface area contributed by atoms with Crippen molar-refractivity contribution >= 4 is 27.3 Å². The van der Waals surface area contributed by atoms with Gasteiger partial charge < -0.3 is 19.5 Å². The first kappa shape index (κ1) is 24.8. The van der Waals surface area contributed by atoms with Crippen molar-refractivity contribution in [3.63, 3.8) is 0 Å². The molecule has 0 aliphatic heterocycles. The zero-order chi connectivity index (χ0) is 24.7. The first-order valence-electron chi connectivity index (χ1n) is 10.2. The number of para-hydroxylation sites is 2. The van der Waals surface area contributed by atoms with Gasteiger partial charge in [0.1, 0.15) is 5.82 Å². The minimum Gasteiger partial charge on any atom is -0.493 e. The maximum atomic E-state index is 13.1. The van der Waals surface area contributed by atoms with Crippen LogP contribution in [0.25, 0.3) is 0 Å². The molecule has 3 aromatic rings. The number of rotatable bonds is 10. The molecule has 0 unspecified atom stereocenters. The number of carbonyl (C=O) groups excluding carboxylic acids is 1. The third kappa shape index (κ3) is 5.76. The maximum absolute atomic E-state index is 13.1. The summed E-state index contributed by atoms with van der Waals surface area (Å²) in [4.78, 5) is 12.6. The fourth-order valence-electron chi connectivity index (χ4n) is 3.32. The number of anilines is 2. The molecule has 0 radical (unpaired) electrons. The summed E-state index contributed by atoms with van der Waals surface area (Å²) in [7, 11) is 0.548. The maximum Gasteiger partial charge on any atom is 0.261 e. The zero-order valence-corrected chi connectivity index (χ0v) is 19.7. The van der Waals surface area contributed by atoms with Crippen molar-refractivity contribution in [2.45, 2.75) is 17.7 Å². The van der Waals surface area contributed by atoms with Crippen LogP contribution >= 0.6 is 0 Å². The van der Waals surface area contributed by atoms with Crippen LogP contribution in [0, 0.1) is 5.82 Å². The lowest BCUT2D eigenvalue weighted by Gasteiger charge is -2.16. The monoisotopic (exact) mass is 488 g/mol. The molecule has 2 N–H and O–H groups in total. The third-order valence-corrected chi connectivity index (χ3v) is 6.36. The lowest BCUT2D eigenvalue weighted by molar-refractivity contribution is -0.116. The summed E-state index contributed by atoms with van der Waals surface area (Å²) in [5.41, 5.74) is 1.22. The molecular weight excluding hydrogens is 463 g/mol. The van der Waals surface area contributed by atoms with Gasteiger partial charge in [-0.3, -0.25) is 9.52 Å². The van der Waals surface area contributed by atoms with Gasteiger partial charge in [0.05, 0.1) is 37.6 Å². The van der Waals surface area contributed by atoms with Crippen molar-refractivity contribution in [2.75, 3.05) is 31.4 Å². The number of amides is 1. The Balaban J connectivity index is 1.73. The van der Waals surface area contributed by atoms with Crippen LogP contribution in [-0.2, 0) is 21.2 Å². The van der Waals surface area contributed by atoms with E-state index in [-0.39, 0.29) is 28.6 Å². The number of aryl methyl sites for hydroxylation is 1. The molecule has 1 amide bonds. The van der Waals surface area contributed by atoms with E-state index in [0.717, 1.165) is 29.8 Å². The summed E-state index contributed by atoms with van der Waals surface area (Å²) in [6.45, 7) is 0. The minimum absolute atomic E-state index is 0.101. The van der Waals surface area contributed by atoms with Gasteiger partial charge in [0, 0.05) is 6.42 Å². The first-order chi connectivity index (χ1) is 16.3. The van der Waals surface area contributed by atoms with E-state index in [1.54, 1.807) is 30.3 Å². The van der Waals surface area contributed by atoms with Crippen LogP contribution in [-0.4, -0.2) is 35.7 Å². The number of sulfonamides is 1. The van der Waals surface area contributed by atoms with E-state index in [0.29, 0.717) is 23.7 Å². The van der Waals surface area contributed by atoms with E-state index in [4.69, 9.17) is 14.2 Å². The SMILES string of the molecule is COc1ccc(CCC(=O)Nc2ccccc2NS(=O)(=O)c2ccc(F)cc2)c(OC)c1OC. The molecule has 0 aliphatic carbocycles. The summed E-state index contributed by atoms with van der Waals surface area (Å²) in [6.07, 6.45) is 0.448. The van der Waals surface area contributed by atoms with Crippen LogP contribution in [0.2, 0.25) is 0 Å². The molecule has 10 heteroatoms. The Bertz CT molecular complexity index is 1260. The van der Waals surface area contributed by atoms with Gasteiger partial charge in [0.2, 0.25) is 11.7 Å². The van der Waals surface area contributed by atoms with Crippen LogP contribution in [0.4, 0.5) is 15.8 Å². The Morgan fingerprint density at radius 2 is 1.50 bits per heavy atom. The van der Waals surface area contributed by atoms with Gasteiger partial charge in [0.15, 0.2) is 11.5 Å². The Labute approximate surface area is 197 Å². The number of nitrogens with one attached hydrogen (secondary N) is 2. The molecule has 3 aromatic carbocycles. The van der Waals surface area contributed by atoms with Crippen LogP contribution in [0.5, 0.6) is 17.2 Å². The lowest BCUT2D eigenvalue weighted by Crippen LogP contribution is -2.17. The molecule has 180 valence electrons. The topological polar surface area (TPSA) is 103 Å². The fraction of sp³-hybridized carbons (Fsp3) is 0.208. The molecule has 8 nitrogen and oxygen atoms in total. The highest BCUT2D eigenvalue weighted by Gasteiger charge is 2.19. The minimum atomic E-state index is -3.98. The number of halogens is 1. The van der Waals surface area contributed by atoms with Gasteiger partial charge in [-0.15, -0.1) is 0 Å². The molecule has 0 bridgehead atoms. The summed E-state index contributed by atoms with van der Waals surface area (Å²) < 4.78 is 57.0. The largest absolute Gasteiger partial charge is 0.493 e. The summed E-state index contributed by atoms with van der Waals surface area (Å²) in [5.74, 6) is 0.545. The molecule has 0 fully saturated rings. The third-order valence-electron chi connectivity index (χ3n) is 4.98. The molecule has 0 saturated heterocycles. The molecule has 34 heavy (non-hydrogen) atoms. The molecular formula is C24H25FN2O6S. The molecule has 0 aromatic heterocycles. The number of benzene rings is 3. The second-order valence-electron chi connectivity index (χ2n) is 7.15. The highest BCUT2D eigenvalue weighted by Crippen LogP contribution is 2.40. The second-order valence-corrected chi connectivity index (χ2v) is 8.83. The van der Waals surface area contributed by atoms with Crippen molar-refractivity contribution in [3.8, 4) is 17.2 Å². The lowest BCUT2D eigenvalue weighted by atomic mass is 10.1. The van der Waals surface area contributed by atoms with E-state index in [1.165, 1.54) is 27.4 Å². The van der Waals surface area contributed by atoms with Gasteiger partial charge in [0.25, 0.3) is 10.0 Å². The Hall–Kier alpha value is -3.79. The molecule has 0 atom stereocenters. The molecule has 0 saturated carbocycles. The van der Waals surface area contributed by atoms with E-state index in [9.17, 15) is 17.6 Å². The fourth-order valence-corrected chi connectivity index (χ4v) is 4.40. The number of ether oxygens (including phenoxy) is 3. The quantitative estimate of drug-likeness (QED) is 0.443. The van der Waals surface area contributed by atoms with Gasteiger partial charge in [-0.2, -0.15) is 0 Å². The van der Waals surface area contributed by atoms with E-state index in [2.05, 4.69) is 10.0 Å². The normalized spacial score (nSPS) is 10.9.